The molecule has 118 valence electrons. The first-order valence-corrected chi connectivity index (χ1v) is 7.27. The summed E-state index contributed by atoms with van der Waals surface area (Å²) in [6, 6.07) is 12.6. The van der Waals surface area contributed by atoms with Crippen LogP contribution in [0.4, 0.5) is 5.69 Å². The van der Waals surface area contributed by atoms with Crippen molar-refractivity contribution in [1.29, 1.82) is 0 Å². The summed E-state index contributed by atoms with van der Waals surface area (Å²) in [5.41, 5.74) is 4.19. The fourth-order valence-corrected chi connectivity index (χ4v) is 2.19. The van der Waals surface area contributed by atoms with E-state index in [9.17, 15) is 14.7 Å². The molecule has 0 bridgehead atoms. The standard InChI is InChI=1S/C19H19NO3/c1-12-7-9-15(10-8-12)16(19(22)23)11-18(21)20-17-6-4-5-13(2)14(17)3/h4-11H,1-3H3,(H,20,21)(H,22,23)/b16-11+. The van der Waals surface area contributed by atoms with Gasteiger partial charge in [-0.3, -0.25) is 4.79 Å². The van der Waals surface area contributed by atoms with E-state index in [4.69, 9.17) is 0 Å². The van der Waals surface area contributed by atoms with Crippen molar-refractivity contribution in [2.24, 2.45) is 0 Å². The number of benzene rings is 2. The highest BCUT2D eigenvalue weighted by molar-refractivity contribution is 6.21. The van der Waals surface area contributed by atoms with E-state index >= 15 is 0 Å². The lowest BCUT2D eigenvalue weighted by molar-refractivity contribution is -0.130. The third-order valence-electron chi connectivity index (χ3n) is 3.73. The lowest BCUT2D eigenvalue weighted by Gasteiger charge is -2.09. The average molecular weight is 309 g/mol. The summed E-state index contributed by atoms with van der Waals surface area (Å²) in [5.74, 6) is -1.60. The van der Waals surface area contributed by atoms with Crippen LogP contribution in [-0.2, 0) is 9.59 Å². The van der Waals surface area contributed by atoms with Gasteiger partial charge in [0.05, 0.1) is 5.57 Å². The normalized spacial score (nSPS) is 11.2. The Labute approximate surface area is 135 Å². The molecule has 0 saturated carbocycles. The molecule has 0 atom stereocenters. The maximum Gasteiger partial charge on any atom is 0.336 e. The Morgan fingerprint density at radius 1 is 1.00 bits per heavy atom. The quantitative estimate of drug-likeness (QED) is 0.846. The predicted octanol–water partition coefficient (Wildman–Crippen LogP) is 3.72. The van der Waals surface area contributed by atoms with Gasteiger partial charge < -0.3 is 10.4 Å². The average Bonchev–Trinajstić information content (AvgIpc) is 2.50. The van der Waals surface area contributed by atoms with Gasteiger partial charge in [-0.15, -0.1) is 0 Å². The molecule has 0 aliphatic heterocycles. The van der Waals surface area contributed by atoms with Crippen LogP contribution in [0.5, 0.6) is 0 Å². The molecule has 0 heterocycles. The summed E-state index contributed by atoms with van der Waals surface area (Å²) in [6.45, 7) is 5.78. The van der Waals surface area contributed by atoms with Crippen molar-refractivity contribution in [2.45, 2.75) is 20.8 Å². The highest BCUT2D eigenvalue weighted by Gasteiger charge is 2.13. The molecule has 4 heteroatoms. The first kappa shape index (κ1) is 16.5. The Morgan fingerprint density at radius 2 is 1.65 bits per heavy atom. The molecule has 2 aromatic carbocycles. The number of hydrogen-bond acceptors (Lipinski definition) is 2. The maximum atomic E-state index is 12.2. The molecule has 0 aliphatic carbocycles. The summed E-state index contributed by atoms with van der Waals surface area (Å²) in [4.78, 5) is 23.6. The van der Waals surface area contributed by atoms with E-state index in [2.05, 4.69) is 5.32 Å². The van der Waals surface area contributed by atoms with E-state index in [1.165, 1.54) is 0 Å². The van der Waals surface area contributed by atoms with E-state index in [-0.39, 0.29) is 5.57 Å². The van der Waals surface area contributed by atoms with Crippen molar-refractivity contribution in [3.63, 3.8) is 0 Å². The molecule has 0 spiro atoms. The molecule has 0 unspecified atom stereocenters. The largest absolute Gasteiger partial charge is 0.478 e. The van der Waals surface area contributed by atoms with E-state index < -0.39 is 11.9 Å². The summed E-state index contributed by atoms with van der Waals surface area (Å²) in [5, 5.41) is 12.1. The van der Waals surface area contributed by atoms with Crippen LogP contribution in [0.1, 0.15) is 22.3 Å². The first-order valence-electron chi connectivity index (χ1n) is 7.27. The van der Waals surface area contributed by atoms with Crippen molar-refractivity contribution in [3.8, 4) is 0 Å². The van der Waals surface area contributed by atoms with Gasteiger partial charge in [0.15, 0.2) is 0 Å². The number of anilines is 1. The number of hydrogen-bond donors (Lipinski definition) is 2. The van der Waals surface area contributed by atoms with Crippen molar-refractivity contribution < 1.29 is 14.7 Å². The Kier molecular flexibility index (Phi) is 4.96. The monoisotopic (exact) mass is 309 g/mol. The molecule has 4 nitrogen and oxygen atoms in total. The molecule has 0 saturated heterocycles. The molecule has 2 rings (SSSR count). The van der Waals surface area contributed by atoms with Gasteiger partial charge in [0.25, 0.3) is 0 Å². The molecular weight excluding hydrogens is 290 g/mol. The zero-order valence-corrected chi connectivity index (χ0v) is 13.4. The van der Waals surface area contributed by atoms with Crippen LogP contribution in [0.3, 0.4) is 0 Å². The SMILES string of the molecule is Cc1ccc(/C(=C\C(=O)Nc2cccc(C)c2C)C(=O)O)cc1. The van der Waals surface area contributed by atoms with E-state index in [1.54, 1.807) is 18.2 Å². The lowest BCUT2D eigenvalue weighted by Crippen LogP contribution is -2.12. The fraction of sp³-hybridized carbons (Fsp3) is 0.158. The number of carboxylic acid groups (broad SMARTS) is 1. The number of rotatable bonds is 4. The molecule has 23 heavy (non-hydrogen) atoms. The van der Waals surface area contributed by atoms with E-state index in [0.717, 1.165) is 22.8 Å². The van der Waals surface area contributed by atoms with Crippen molar-refractivity contribution >= 4 is 23.1 Å². The number of aryl methyl sites for hydroxylation is 2. The molecule has 2 aromatic rings. The van der Waals surface area contributed by atoms with E-state index in [0.29, 0.717) is 11.3 Å². The number of carbonyl (C=O) groups excluding carboxylic acids is 1. The topological polar surface area (TPSA) is 66.4 Å². The van der Waals surface area contributed by atoms with Crippen LogP contribution in [0.2, 0.25) is 0 Å². The highest BCUT2D eigenvalue weighted by Crippen LogP contribution is 2.19. The summed E-state index contributed by atoms with van der Waals surface area (Å²) in [6.07, 6.45) is 1.12. The molecule has 0 radical (unpaired) electrons. The van der Waals surface area contributed by atoms with Gasteiger partial charge in [0, 0.05) is 11.8 Å². The van der Waals surface area contributed by atoms with Gasteiger partial charge in [-0.2, -0.15) is 0 Å². The summed E-state index contributed by atoms with van der Waals surface area (Å²) < 4.78 is 0. The molecule has 2 N–H and O–H groups in total. The van der Waals surface area contributed by atoms with Crippen molar-refractivity contribution in [3.05, 3.63) is 70.8 Å². The van der Waals surface area contributed by atoms with Gasteiger partial charge >= 0.3 is 5.97 Å². The Balaban J connectivity index is 2.29. The van der Waals surface area contributed by atoms with Crippen LogP contribution in [0.15, 0.2) is 48.5 Å². The second kappa shape index (κ2) is 6.92. The highest BCUT2D eigenvalue weighted by atomic mass is 16.4. The smallest absolute Gasteiger partial charge is 0.336 e. The first-order chi connectivity index (χ1) is 10.9. The second-order valence-corrected chi connectivity index (χ2v) is 5.47. The third-order valence-corrected chi connectivity index (χ3v) is 3.73. The van der Waals surface area contributed by atoms with Crippen LogP contribution in [0, 0.1) is 20.8 Å². The fourth-order valence-electron chi connectivity index (χ4n) is 2.19. The number of carboxylic acids is 1. The second-order valence-electron chi connectivity index (χ2n) is 5.47. The molecular formula is C19H19NO3. The number of amides is 1. The lowest BCUT2D eigenvalue weighted by atomic mass is 10.0. The number of nitrogens with one attached hydrogen (secondary N) is 1. The minimum atomic E-state index is -1.13. The summed E-state index contributed by atoms with van der Waals surface area (Å²) in [7, 11) is 0. The zero-order valence-electron chi connectivity index (χ0n) is 13.4. The van der Waals surface area contributed by atoms with Gasteiger partial charge in [-0.1, -0.05) is 42.0 Å². The van der Waals surface area contributed by atoms with Crippen molar-refractivity contribution in [1.82, 2.24) is 0 Å². The van der Waals surface area contributed by atoms with Gasteiger partial charge in [-0.25, -0.2) is 4.79 Å². The van der Waals surface area contributed by atoms with Gasteiger partial charge in [-0.05, 0) is 43.5 Å². The molecule has 0 fully saturated rings. The van der Waals surface area contributed by atoms with Crippen LogP contribution in [-0.4, -0.2) is 17.0 Å². The van der Waals surface area contributed by atoms with Gasteiger partial charge in [0.2, 0.25) is 5.91 Å². The minimum Gasteiger partial charge on any atom is -0.478 e. The number of carbonyl (C=O) groups is 2. The third kappa shape index (κ3) is 4.07. The molecule has 0 aliphatic rings. The molecule has 1 amide bonds. The van der Waals surface area contributed by atoms with Gasteiger partial charge in [0.1, 0.15) is 0 Å². The maximum absolute atomic E-state index is 12.2. The molecule has 0 aromatic heterocycles. The van der Waals surface area contributed by atoms with E-state index in [1.807, 2.05) is 45.0 Å². The number of aliphatic carboxylic acids is 1. The van der Waals surface area contributed by atoms with Crippen LogP contribution in [0.25, 0.3) is 5.57 Å². The Morgan fingerprint density at radius 3 is 2.26 bits per heavy atom. The Bertz CT molecular complexity index is 774. The van der Waals surface area contributed by atoms with Crippen LogP contribution < -0.4 is 5.32 Å². The summed E-state index contributed by atoms with van der Waals surface area (Å²) >= 11 is 0. The van der Waals surface area contributed by atoms with Crippen LogP contribution >= 0.6 is 0 Å². The predicted molar refractivity (Wildman–Crippen MR) is 91.3 cm³/mol. The minimum absolute atomic E-state index is 0.0344. The van der Waals surface area contributed by atoms with Crippen molar-refractivity contribution in [2.75, 3.05) is 5.32 Å². The zero-order chi connectivity index (χ0) is 17.0. The Hall–Kier alpha value is -2.88.